The lowest BCUT2D eigenvalue weighted by Gasteiger charge is -2.34. The van der Waals surface area contributed by atoms with Gasteiger partial charge < -0.3 is 14.2 Å². The molecule has 1 fully saturated rings. The van der Waals surface area contributed by atoms with Crippen LogP contribution in [0.2, 0.25) is 10.0 Å². The molecule has 0 bridgehead atoms. The maximum atomic E-state index is 13.5. The number of nitrogens with zero attached hydrogens (tertiary/aromatic N) is 3. The van der Waals surface area contributed by atoms with Crippen molar-refractivity contribution in [1.29, 1.82) is 0 Å². The summed E-state index contributed by atoms with van der Waals surface area (Å²) in [6.45, 7) is 3.29. The van der Waals surface area contributed by atoms with Crippen LogP contribution in [0.15, 0.2) is 54.7 Å². The van der Waals surface area contributed by atoms with Crippen LogP contribution < -0.4 is 10.2 Å². The number of carbonyl (C=O) groups excluding carboxylic acids is 2. The van der Waals surface area contributed by atoms with E-state index in [9.17, 15) is 14.8 Å². The zero-order chi connectivity index (χ0) is 24.9. The van der Waals surface area contributed by atoms with Crippen molar-refractivity contribution >= 4 is 35.0 Å². The summed E-state index contributed by atoms with van der Waals surface area (Å²) < 4.78 is 7.40. The molecule has 0 unspecified atom stereocenters. The van der Waals surface area contributed by atoms with Crippen LogP contribution in [0.25, 0.3) is 0 Å². The molecular formula is C25H26Cl2N4O4. The van der Waals surface area contributed by atoms with Crippen molar-refractivity contribution in [2.24, 2.45) is 7.05 Å². The molecule has 8 nitrogen and oxygen atoms in total. The minimum Gasteiger partial charge on any atom is -0.485 e. The lowest BCUT2D eigenvalue weighted by molar-refractivity contribution is 0.0624. The number of benzene rings is 2. The molecule has 184 valence electrons. The van der Waals surface area contributed by atoms with Gasteiger partial charge in [0.25, 0.3) is 11.8 Å². The van der Waals surface area contributed by atoms with Crippen molar-refractivity contribution < 1.29 is 19.5 Å². The van der Waals surface area contributed by atoms with Gasteiger partial charge in [0.05, 0.1) is 0 Å². The normalized spacial score (nSPS) is 14.1. The maximum absolute atomic E-state index is 13.5. The van der Waals surface area contributed by atoms with Gasteiger partial charge in [-0.05, 0) is 17.7 Å². The second kappa shape index (κ2) is 11.1. The minimum absolute atomic E-state index is 0.0155. The topological polar surface area (TPSA) is 87.0 Å². The fraction of sp³-hybridized carbons (Fsp3) is 0.280. The van der Waals surface area contributed by atoms with Gasteiger partial charge in [-0.1, -0.05) is 59.6 Å². The number of hydrogen-bond donors (Lipinski definition) is 2. The Morgan fingerprint density at radius 3 is 2.29 bits per heavy atom. The van der Waals surface area contributed by atoms with E-state index in [0.29, 0.717) is 28.7 Å². The number of carbonyl (C=O) groups is 2. The molecule has 10 heteroatoms. The molecule has 1 aliphatic heterocycles. The third kappa shape index (κ3) is 5.62. The molecule has 35 heavy (non-hydrogen) atoms. The Balaban J connectivity index is 1.52. The number of rotatable bonds is 7. The molecule has 1 saturated heterocycles. The van der Waals surface area contributed by atoms with E-state index in [-0.39, 0.29) is 29.5 Å². The molecule has 2 amide bonds. The number of aromatic nitrogens is 1. The first kappa shape index (κ1) is 25.1. The first-order chi connectivity index (χ1) is 16.9. The Morgan fingerprint density at radius 1 is 1.00 bits per heavy atom. The molecule has 0 atom stereocenters. The highest BCUT2D eigenvalue weighted by Crippen LogP contribution is 2.31. The number of amides is 2. The molecule has 0 aliphatic carbocycles. The van der Waals surface area contributed by atoms with Crippen molar-refractivity contribution in [3.8, 4) is 5.75 Å². The zero-order valence-corrected chi connectivity index (χ0v) is 20.7. The fourth-order valence-corrected chi connectivity index (χ4v) is 4.66. The van der Waals surface area contributed by atoms with Crippen LogP contribution in [-0.2, 0) is 20.2 Å². The molecule has 4 rings (SSSR count). The highest BCUT2D eigenvalue weighted by molar-refractivity contribution is 6.35. The van der Waals surface area contributed by atoms with Crippen molar-refractivity contribution in [3.63, 3.8) is 0 Å². The van der Waals surface area contributed by atoms with Crippen molar-refractivity contribution in [2.75, 3.05) is 26.2 Å². The van der Waals surface area contributed by atoms with Gasteiger partial charge >= 0.3 is 0 Å². The Bertz CT molecular complexity index is 1190. The number of aryl methyl sites for hydroxylation is 1. The summed E-state index contributed by atoms with van der Waals surface area (Å²) in [5.41, 5.74) is 3.62. The van der Waals surface area contributed by atoms with Gasteiger partial charge in [0, 0.05) is 61.6 Å². The Hall–Kier alpha value is -3.04. The largest absolute Gasteiger partial charge is 0.485 e. The van der Waals surface area contributed by atoms with E-state index in [0.717, 1.165) is 19.6 Å². The molecule has 2 heterocycles. The van der Waals surface area contributed by atoms with Gasteiger partial charge in [0.2, 0.25) is 0 Å². The number of ether oxygens (including phenoxy) is 1. The highest BCUT2D eigenvalue weighted by Gasteiger charge is 2.30. The van der Waals surface area contributed by atoms with Crippen LogP contribution in [0.3, 0.4) is 0 Å². The quantitative estimate of drug-likeness (QED) is 0.366. The van der Waals surface area contributed by atoms with E-state index in [1.165, 1.54) is 16.3 Å². The van der Waals surface area contributed by atoms with E-state index >= 15 is 0 Å². The van der Waals surface area contributed by atoms with Gasteiger partial charge in [-0.3, -0.25) is 19.7 Å². The number of hydroxylamine groups is 1. The van der Waals surface area contributed by atoms with Crippen LogP contribution in [0.5, 0.6) is 5.75 Å². The number of halogens is 2. The minimum atomic E-state index is -0.792. The molecule has 2 N–H and O–H groups in total. The summed E-state index contributed by atoms with van der Waals surface area (Å²) in [5, 5.41) is 10.1. The number of hydrogen-bond acceptors (Lipinski definition) is 5. The van der Waals surface area contributed by atoms with E-state index < -0.39 is 5.91 Å². The standard InChI is InChI=1S/C25H26Cl2N4O4/c1-29-15-18(25(33)31-12-10-30(11-13-31)14-17-6-3-2-4-7-17)23(22(29)24(32)28-34)35-16-19-20(26)8-5-9-21(19)27/h2-9,15,34H,10-14,16H2,1H3,(H,28,32). The molecule has 1 aliphatic rings. The van der Waals surface area contributed by atoms with Crippen LogP contribution >= 0.6 is 23.2 Å². The summed E-state index contributed by atoms with van der Waals surface area (Å²) in [7, 11) is 1.61. The molecule has 2 aromatic carbocycles. The lowest BCUT2D eigenvalue weighted by Crippen LogP contribution is -2.48. The summed E-state index contributed by atoms with van der Waals surface area (Å²) in [6.07, 6.45) is 1.53. The Morgan fingerprint density at radius 2 is 1.66 bits per heavy atom. The van der Waals surface area contributed by atoms with Crippen LogP contribution in [-0.4, -0.2) is 57.6 Å². The fourth-order valence-electron chi connectivity index (χ4n) is 4.15. The van der Waals surface area contributed by atoms with Crippen LogP contribution in [0.1, 0.15) is 32.0 Å². The molecule has 0 saturated carbocycles. The van der Waals surface area contributed by atoms with Crippen molar-refractivity contribution in [1.82, 2.24) is 19.8 Å². The van der Waals surface area contributed by atoms with Gasteiger partial charge in [-0.15, -0.1) is 0 Å². The molecule has 3 aromatic rings. The second-order valence-corrected chi connectivity index (χ2v) is 9.13. The summed E-state index contributed by atoms with van der Waals surface area (Å²) in [4.78, 5) is 29.9. The van der Waals surface area contributed by atoms with Gasteiger partial charge in [-0.2, -0.15) is 0 Å². The first-order valence-corrected chi connectivity index (χ1v) is 11.9. The average molecular weight is 517 g/mol. The third-order valence-electron chi connectivity index (χ3n) is 6.01. The SMILES string of the molecule is Cn1cc(C(=O)N2CCN(Cc3ccccc3)CC2)c(OCc2c(Cl)cccc2Cl)c1C(=O)NO. The van der Waals surface area contributed by atoms with Gasteiger partial charge in [-0.25, -0.2) is 5.48 Å². The number of piperazine rings is 1. The molecule has 0 radical (unpaired) electrons. The first-order valence-electron chi connectivity index (χ1n) is 11.1. The second-order valence-electron chi connectivity index (χ2n) is 8.32. The van der Waals surface area contributed by atoms with Crippen molar-refractivity contribution in [3.05, 3.63) is 87.2 Å². The van der Waals surface area contributed by atoms with E-state index in [1.54, 1.807) is 35.6 Å². The predicted molar refractivity (Wildman–Crippen MR) is 133 cm³/mol. The van der Waals surface area contributed by atoms with E-state index in [2.05, 4.69) is 17.0 Å². The van der Waals surface area contributed by atoms with Crippen molar-refractivity contribution in [2.45, 2.75) is 13.2 Å². The summed E-state index contributed by atoms with van der Waals surface area (Å²) in [5.74, 6) is -0.983. The molecule has 1 aromatic heterocycles. The van der Waals surface area contributed by atoms with Gasteiger partial charge in [0.1, 0.15) is 12.2 Å². The lowest BCUT2D eigenvalue weighted by atomic mass is 10.1. The maximum Gasteiger partial charge on any atom is 0.295 e. The summed E-state index contributed by atoms with van der Waals surface area (Å²) in [6, 6.07) is 15.3. The van der Waals surface area contributed by atoms with Crippen LogP contribution in [0.4, 0.5) is 0 Å². The smallest absolute Gasteiger partial charge is 0.295 e. The zero-order valence-electron chi connectivity index (χ0n) is 19.2. The van der Waals surface area contributed by atoms with E-state index in [1.807, 2.05) is 18.2 Å². The molecular weight excluding hydrogens is 491 g/mol. The summed E-state index contributed by atoms with van der Waals surface area (Å²) >= 11 is 12.5. The Labute approximate surface area is 213 Å². The highest BCUT2D eigenvalue weighted by atomic mass is 35.5. The Kier molecular flexibility index (Phi) is 7.97. The monoisotopic (exact) mass is 516 g/mol. The van der Waals surface area contributed by atoms with Crippen LogP contribution in [0, 0.1) is 0 Å². The molecule has 0 spiro atoms. The number of nitrogens with one attached hydrogen (secondary N) is 1. The third-order valence-corrected chi connectivity index (χ3v) is 6.72. The average Bonchev–Trinajstić information content (AvgIpc) is 3.19. The predicted octanol–water partition coefficient (Wildman–Crippen LogP) is 3.99. The van der Waals surface area contributed by atoms with E-state index in [4.69, 9.17) is 27.9 Å². The van der Waals surface area contributed by atoms with Gasteiger partial charge in [0.15, 0.2) is 11.4 Å².